The second-order valence-electron chi connectivity index (χ2n) is 2.34. The summed E-state index contributed by atoms with van der Waals surface area (Å²) in [6.07, 6.45) is 3.46. The van der Waals surface area contributed by atoms with Crippen LogP contribution in [0.5, 0.6) is 0 Å². The van der Waals surface area contributed by atoms with Gasteiger partial charge in [0.05, 0.1) is 6.26 Å². The lowest BCUT2D eigenvalue weighted by Gasteiger charge is -1.72. The first-order chi connectivity index (χ1) is 7.93. The summed E-state index contributed by atoms with van der Waals surface area (Å²) in [6, 6.07) is 4.65. The zero-order valence-electron chi connectivity index (χ0n) is 9.17. The van der Waals surface area contributed by atoms with Crippen LogP contribution in [0.25, 0.3) is 0 Å². The molecule has 0 bridgehead atoms. The normalized spacial score (nSPS) is 7.29. The second kappa shape index (κ2) is 11.4. The Morgan fingerprint density at radius 1 is 1.12 bits per heavy atom. The van der Waals surface area contributed by atoms with E-state index in [0.29, 0.717) is 0 Å². The molecule has 0 spiro atoms. The molecule has 1 aromatic rings. The van der Waals surface area contributed by atoms with Gasteiger partial charge < -0.3 is 15.9 Å². The lowest BCUT2D eigenvalue weighted by atomic mass is 10.5. The van der Waals surface area contributed by atoms with Gasteiger partial charge in [-0.25, -0.2) is 4.79 Å². The zero-order valence-corrected chi connectivity index (χ0v) is 9.17. The van der Waals surface area contributed by atoms with Crippen LogP contribution in [0, 0.1) is 0 Å². The number of carbonyl (C=O) groups is 2. The molecule has 6 nitrogen and oxygen atoms in total. The standard InChI is InChI=1S/C5H4O2.2C3H5NO/c6-5-3-1-2-4-7-5;2*1-2-3(4)5/h1-4H;2*2H,1H2,(H2,4,5). The van der Waals surface area contributed by atoms with E-state index in [4.69, 9.17) is 0 Å². The van der Waals surface area contributed by atoms with E-state index in [1.807, 2.05) is 0 Å². The van der Waals surface area contributed by atoms with Crippen molar-refractivity contribution >= 4 is 11.8 Å². The van der Waals surface area contributed by atoms with E-state index in [1.54, 1.807) is 12.1 Å². The molecule has 6 heteroatoms. The van der Waals surface area contributed by atoms with Gasteiger partial charge in [0.1, 0.15) is 0 Å². The maximum atomic E-state index is 10.1. The Balaban J connectivity index is 0. The lowest BCUT2D eigenvalue weighted by molar-refractivity contribution is -0.114. The van der Waals surface area contributed by atoms with Gasteiger partial charge in [-0.15, -0.1) is 0 Å². The molecule has 0 aromatic carbocycles. The van der Waals surface area contributed by atoms with E-state index in [2.05, 4.69) is 29.0 Å². The lowest BCUT2D eigenvalue weighted by Crippen LogP contribution is -2.04. The van der Waals surface area contributed by atoms with E-state index in [0.717, 1.165) is 12.2 Å². The van der Waals surface area contributed by atoms with Crippen molar-refractivity contribution in [2.24, 2.45) is 11.5 Å². The van der Waals surface area contributed by atoms with E-state index in [9.17, 15) is 14.4 Å². The van der Waals surface area contributed by atoms with Crippen LogP contribution >= 0.6 is 0 Å². The average molecular weight is 238 g/mol. The summed E-state index contributed by atoms with van der Waals surface area (Å²) in [5, 5.41) is 0. The fraction of sp³-hybridized carbons (Fsp3) is 0. The van der Waals surface area contributed by atoms with Crippen molar-refractivity contribution in [2.45, 2.75) is 0 Å². The van der Waals surface area contributed by atoms with Crippen LogP contribution in [-0.2, 0) is 9.59 Å². The number of carbonyl (C=O) groups excluding carboxylic acids is 2. The minimum atomic E-state index is -0.481. The van der Waals surface area contributed by atoms with Gasteiger partial charge in [0.25, 0.3) is 0 Å². The van der Waals surface area contributed by atoms with Crippen molar-refractivity contribution in [3.63, 3.8) is 0 Å². The van der Waals surface area contributed by atoms with Gasteiger partial charge in [0.2, 0.25) is 11.8 Å². The highest BCUT2D eigenvalue weighted by Crippen LogP contribution is 1.72. The first-order valence-electron chi connectivity index (χ1n) is 4.31. The summed E-state index contributed by atoms with van der Waals surface area (Å²) in [6.45, 7) is 6.17. The average Bonchev–Trinajstić information content (AvgIpc) is 2.31. The number of hydrogen-bond donors (Lipinski definition) is 2. The molecule has 0 atom stereocenters. The Morgan fingerprint density at radius 3 is 1.65 bits per heavy atom. The summed E-state index contributed by atoms with van der Waals surface area (Å²) in [4.78, 5) is 29.0. The number of hydrogen-bond acceptors (Lipinski definition) is 4. The molecular formula is C11H14N2O4. The third-order valence-electron chi connectivity index (χ3n) is 1.01. The van der Waals surface area contributed by atoms with Gasteiger partial charge in [0, 0.05) is 6.07 Å². The fourth-order valence-electron chi connectivity index (χ4n) is 0.325. The summed E-state index contributed by atoms with van der Waals surface area (Å²) >= 11 is 0. The first kappa shape index (κ1) is 16.8. The van der Waals surface area contributed by atoms with E-state index >= 15 is 0 Å². The minimum absolute atomic E-state index is 0.303. The summed E-state index contributed by atoms with van der Waals surface area (Å²) in [5.74, 6) is -0.963. The highest BCUT2D eigenvalue weighted by atomic mass is 16.4. The Morgan fingerprint density at radius 2 is 1.53 bits per heavy atom. The van der Waals surface area contributed by atoms with Gasteiger partial charge in [-0.1, -0.05) is 19.2 Å². The van der Waals surface area contributed by atoms with Gasteiger partial charge in [0.15, 0.2) is 0 Å². The highest BCUT2D eigenvalue weighted by molar-refractivity contribution is 5.85. The Kier molecular flexibility index (Phi) is 11.3. The molecule has 0 aliphatic rings. The van der Waals surface area contributed by atoms with Crippen molar-refractivity contribution in [1.82, 2.24) is 0 Å². The molecule has 2 amide bonds. The van der Waals surface area contributed by atoms with Crippen LogP contribution in [0.4, 0.5) is 0 Å². The summed E-state index contributed by atoms with van der Waals surface area (Å²) in [5.41, 5.74) is 8.77. The smallest absolute Gasteiger partial charge is 0.335 e. The predicted molar refractivity (Wildman–Crippen MR) is 63.8 cm³/mol. The molecule has 0 aliphatic carbocycles. The quantitative estimate of drug-likeness (QED) is 0.702. The molecule has 17 heavy (non-hydrogen) atoms. The minimum Gasteiger partial charge on any atom is -0.431 e. The van der Waals surface area contributed by atoms with Crippen LogP contribution in [0.15, 0.2) is 59.0 Å². The van der Waals surface area contributed by atoms with Crippen molar-refractivity contribution in [1.29, 1.82) is 0 Å². The number of rotatable bonds is 2. The van der Waals surface area contributed by atoms with Gasteiger partial charge in [-0.3, -0.25) is 9.59 Å². The molecule has 4 N–H and O–H groups in total. The SMILES string of the molecule is C=CC(N)=O.C=CC(N)=O.O=c1cccco1. The van der Waals surface area contributed by atoms with Crippen LogP contribution < -0.4 is 17.1 Å². The third-order valence-corrected chi connectivity index (χ3v) is 1.01. The third kappa shape index (κ3) is 19.7. The maximum Gasteiger partial charge on any atom is 0.335 e. The van der Waals surface area contributed by atoms with Gasteiger partial charge in [-0.05, 0) is 18.2 Å². The largest absolute Gasteiger partial charge is 0.431 e. The van der Waals surface area contributed by atoms with Gasteiger partial charge >= 0.3 is 5.63 Å². The van der Waals surface area contributed by atoms with Crippen LogP contribution in [0.2, 0.25) is 0 Å². The molecule has 0 saturated carbocycles. The predicted octanol–water partition coefficient (Wildman–Crippen LogP) is -0.0448. The highest BCUT2D eigenvalue weighted by Gasteiger charge is 1.72. The van der Waals surface area contributed by atoms with Crippen molar-refractivity contribution in [3.05, 3.63) is 60.2 Å². The van der Waals surface area contributed by atoms with E-state index < -0.39 is 11.8 Å². The molecule has 1 aromatic heterocycles. The number of amides is 2. The molecule has 1 rings (SSSR count). The van der Waals surface area contributed by atoms with Crippen LogP contribution in [-0.4, -0.2) is 11.8 Å². The van der Waals surface area contributed by atoms with Gasteiger partial charge in [-0.2, -0.15) is 0 Å². The van der Waals surface area contributed by atoms with Crippen molar-refractivity contribution in [2.75, 3.05) is 0 Å². The topological polar surface area (TPSA) is 116 Å². The number of nitrogens with two attached hydrogens (primary N) is 2. The Labute approximate surface area is 98.2 Å². The molecule has 0 aliphatic heterocycles. The molecule has 92 valence electrons. The molecule has 1 heterocycles. The Bertz CT molecular complexity index is 388. The molecule has 0 radical (unpaired) electrons. The molecular weight excluding hydrogens is 224 g/mol. The zero-order chi connectivity index (χ0) is 13.7. The number of primary amides is 2. The second-order valence-corrected chi connectivity index (χ2v) is 2.34. The van der Waals surface area contributed by atoms with Crippen LogP contribution in [0.1, 0.15) is 0 Å². The summed E-state index contributed by atoms with van der Waals surface area (Å²) in [7, 11) is 0. The first-order valence-corrected chi connectivity index (χ1v) is 4.31. The monoisotopic (exact) mass is 238 g/mol. The van der Waals surface area contributed by atoms with Crippen molar-refractivity contribution < 1.29 is 14.0 Å². The molecule has 0 fully saturated rings. The maximum absolute atomic E-state index is 10.1. The molecule has 0 unspecified atom stereocenters. The van der Waals surface area contributed by atoms with Crippen molar-refractivity contribution in [3.8, 4) is 0 Å². The molecule has 0 saturated heterocycles. The van der Waals surface area contributed by atoms with E-state index in [-0.39, 0.29) is 5.63 Å². The Hall–Kier alpha value is -2.63. The van der Waals surface area contributed by atoms with E-state index in [1.165, 1.54) is 12.3 Å². The van der Waals surface area contributed by atoms with Crippen LogP contribution in [0.3, 0.4) is 0 Å². The summed E-state index contributed by atoms with van der Waals surface area (Å²) < 4.78 is 4.37. The fourth-order valence-corrected chi connectivity index (χ4v) is 0.325.